The molecule has 0 unspecified atom stereocenters. The first-order valence-electron chi connectivity index (χ1n) is 6.74. The fourth-order valence-electron chi connectivity index (χ4n) is 2.02. The molecule has 0 radical (unpaired) electrons. The van der Waals surface area contributed by atoms with E-state index in [1.165, 1.54) is 19.4 Å². The van der Waals surface area contributed by atoms with E-state index >= 15 is 0 Å². The fourth-order valence-corrected chi connectivity index (χ4v) is 2.02. The molecule has 2 heterocycles. The van der Waals surface area contributed by atoms with E-state index in [1.54, 1.807) is 26.8 Å². The number of nitrogens with zero attached hydrogens (tertiary/aromatic N) is 4. The molecule has 0 saturated heterocycles. The summed E-state index contributed by atoms with van der Waals surface area (Å²) in [5, 5.41) is 5.76. The Hall–Kier alpha value is -2.78. The monoisotopic (exact) mass is 318 g/mol. The first-order valence-corrected chi connectivity index (χ1v) is 6.74. The van der Waals surface area contributed by atoms with Crippen LogP contribution < -0.4 is 10.3 Å². The maximum absolute atomic E-state index is 12.4. The van der Waals surface area contributed by atoms with Crippen molar-refractivity contribution in [3.8, 4) is 5.75 Å². The smallest absolute Gasteiger partial charge is 0.495 e. The van der Waals surface area contributed by atoms with Crippen LogP contribution in [0.3, 0.4) is 0 Å². The van der Waals surface area contributed by atoms with Gasteiger partial charge in [-0.1, -0.05) is 10.2 Å². The third-order valence-electron chi connectivity index (χ3n) is 2.92. The van der Waals surface area contributed by atoms with Crippen LogP contribution in [0.1, 0.15) is 20.8 Å². The van der Waals surface area contributed by atoms with Gasteiger partial charge in [-0.3, -0.25) is 0 Å². The van der Waals surface area contributed by atoms with Crippen LogP contribution >= 0.6 is 0 Å². The summed E-state index contributed by atoms with van der Waals surface area (Å²) >= 11 is 0. The lowest BCUT2D eigenvalue weighted by Gasteiger charge is -2.20. The number of nitroso groups, excluding NO2 is 2. The number of pyridine rings is 1. The molecule has 0 aromatic carbocycles. The standard InChI is InChI=1S/C13H15BN4O5/c1-13(2,3)23-12(19)18-10(14(16-20)17-21)6-8-5-9(22-4)7-15-11(8)18/h5-7H,1-4H3. The maximum Gasteiger partial charge on any atom is 0.565 e. The predicted molar refractivity (Wildman–Crippen MR) is 84.9 cm³/mol. The molecule has 10 heteroatoms. The van der Waals surface area contributed by atoms with E-state index in [4.69, 9.17) is 9.47 Å². The minimum absolute atomic E-state index is 0.0139. The van der Waals surface area contributed by atoms with Crippen molar-refractivity contribution in [2.45, 2.75) is 26.4 Å². The zero-order valence-electron chi connectivity index (χ0n) is 13.1. The van der Waals surface area contributed by atoms with Crippen LogP contribution in [-0.4, -0.2) is 35.3 Å². The third-order valence-corrected chi connectivity index (χ3v) is 2.92. The highest BCUT2D eigenvalue weighted by Crippen LogP contribution is 2.20. The quantitative estimate of drug-likeness (QED) is 0.630. The van der Waals surface area contributed by atoms with Crippen molar-refractivity contribution in [1.29, 1.82) is 0 Å². The summed E-state index contributed by atoms with van der Waals surface area (Å²) in [7, 11) is 1.47. The molecule has 0 aliphatic heterocycles. The van der Waals surface area contributed by atoms with Crippen LogP contribution in [0.4, 0.5) is 4.79 Å². The van der Waals surface area contributed by atoms with Gasteiger partial charge < -0.3 is 9.47 Å². The van der Waals surface area contributed by atoms with Gasteiger partial charge in [0, 0.05) is 5.39 Å². The van der Waals surface area contributed by atoms with Gasteiger partial charge >= 0.3 is 13.1 Å². The molecule has 9 nitrogen and oxygen atoms in total. The third kappa shape index (κ3) is 3.36. The van der Waals surface area contributed by atoms with Crippen LogP contribution in [0.2, 0.25) is 0 Å². The second-order valence-corrected chi connectivity index (χ2v) is 5.76. The molecule has 23 heavy (non-hydrogen) atoms. The molecule has 0 aliphatic rings. The zero-order chi connectivity index (χ0) is 17.2. The molecule has 0 bridgehead atoms. The molecule has 0 saturated carbocycles. The molecular weight excluding hydrogens is 303 g/mol. The molecule has 0 amide bonds. The van der Waals surface area contributed by atoms with E-state index in [-0.39, 0.29) is 11.2 Å². The number of carbonyl (C=O) groups is 1. The van der Waals surface area contributed by atoms with E-state index in [2.05, 4.69) is 15.2 Å². The summed E-state index contributed by atoms with van der Waals surface area (Å²) in [5.74, 6) is 0.458. The molecule has 120 valence electrons. The minimum Gasteiger partial charge on any atom is -0.495 e. The van der Waals surface area contributed by atoms with Crippen molar-refractivity contribution in [3.05, 3.63) is 28.1 Å². The second kappa shape index (κ2) is 6.15. The zero-order valence-corrected chi connectivity index (χ0v) is 13.1. The van der Waals surface area contributed by atoms with Crippen LogP contribution in [0.25, 0.3) is 11.0 Å². The topological polar surface area (TPSA) is 112 Å². The van der Waals surface area contributed by atoms with E-state index < -0.39 is 18.7 Å². The average molecular weight is 318 g/mol. The van der Waals surface area contributed by atoms with Gasteiger partial charge in [-0.25, -0.2) is 14.3 Å². The Labute approximate surface area is 132 Å². The summed E-state index contributed by atoms with van der Waals surface area (Å²) < 4.78 is 11.4. The molecular formula is C13H15BN4O5. The van der Waals surface area contributed by atoms with Crippen molar-refractivity contribution in [2.24, 2.45) is 10.2 Å². The van der Waals surface area contributed by atoms with Crippen molar-refractivity contribution in [2.75, 3.05) is 7.11 Å². The van der Waals surface area contributed by atoms with Crippen molar-refractivity contribution < 1.29 is 14.3 Å². The Morgan fingerprint density at radius 2 is 1.91 bits per heavy atom. The van der Waals surface area contributed by atoms with E-state index in [0.29, 0.717) is 11.1 Å². The number of hydrogen-bond donors (Lipinski definition) is 0. The normalized spacial score (nSPS) is 11.1. The van der Waals surface area contributed by atoms with Gasteiger partial charge in [0.1, 0.15) is 17.0 Å². The van der Waals surface area contributed by atoms with Crippen LogP contribution in [-0.2, 0) is 4.74 Å². The average Bonchev–Trinajstić information content (AvgIpc) is 2.84. The lowest BCUT2D eigenvalue weighted by atomic mass is 9.75. The Kier molecular flexibility index (Phi) is 4.44. The first kappa shape index (κ1) is 16.6. The van der Waals surface area contributed by atoms with Crippen LogP contribution in [0.5, 0.6) is 5.75 Å². The van der Waals surface area contributed by atoms with E-state index in [9.17, 15) is 14.6 Å². The molecule has 2 aromatic heterocycles. The molecule has 2 rings (SSSR count). The van der Waals surface area contributed by atoms with Crippen LogP contribution in [0, 0.1) is 9.81 Å². The summed E-state index contributed by atoms with van der Waals surface area (Å²) in [5.41, 5.74) is -0.566. The molecule has 0 spiro atoms. The molecule has 0 atom stereocenters. The highest BCUT2D eigenvalue weighted by Gasteiger charge is 2.32. The largest absolute Gasteiger partial charge is 0.565 e. The first-order chi connectivity index (χ1) is 10.8. The van der Waals surface area contributed by atoms with Gasteiger partial charge in [0.15, 0.2) is 0 Å². The Balaban J connectivity index is 2.66. The number of ether oxygens (including phenoxy) is 2. The Bertz CT molecular complexity index is 760. The van der Waals surface area contributed by atoms with Gasteiger partial charge in [0.2, 0.25) is 0 Å². The second-order valence-electron chi connectivity index (χ2n) is 5.76. The molecule has 0 aliphatic carbocycles. The maximum atomic E-state index is 12.4. The lowest BCUT2D eigenvalue weighted by molar-refractivity contribution is 0.0548. The van der Waals surface area contributed by atoms with Gasteiger partial charge in [-0.15, -0.1) is 0 Å². The molecule has 2 aromatic rings. The van der Waals surface area contributed by atoms with Crippen molar-refractivity contribution in [1.82, 2.24) is 9.55 Å². The number of fused-ring (bicyclic) bond motifs is 1. The van der Waals surface area contributed by atoms with Crippen molar-refractivity contribution >= 4 is 29.7 Å². The van der Waals surface area contributed by atoms with E-state index in [1.807, 2.05) is 0 Å². The summed E-state index contributed by atoms with van der Waals surface area (Å²) in [4.78, 5) is 38.2. The number of rotatable bonds is 4. The number of aromatic nitrogens is 2. The minimum atomic E-state index is -1.58. The highest BCUT2D eigenvalue weighted by atomic mass is 16.6. The lowest BCUT2D eigenvalue weighted by Crippen LogP contribution is -2.39. The number of carbonyl (C=O) groups excluding carboxylic acids is 1. The van der Waals surface area contributed by atoms with Crippen molar-refractivity contribution in [3.63, 3.8) is 0 Å². The Morgan fingerprint density at radius 1 is 1.26 bits per heavy atom. The summed E-state index contributed by atoms with van der Waals surface area (Å²) in [6.45, 7) is 3.50. The Morgan fingerprint density at radius 3 is 2.43 bits per heavy atom. The van der Waals surface area contributed by atoms with Gasteiger partial charge in [-0.2, -0.15) is 9.81 Å². The molecule has 0 fully saturated rings. The predicted octanol–water partition coefficient (Wildman–Crippen LogP) is 2.06. The number of methoxy groups -OCH3 is 1. The fraction of sp³-hybridized carbons (Fsp3) is 0.385. The summed E-state index contributed by atoms with van der Waals surface area (Å²) in [6.07, 6.45) is 0.627. The molecule has 0 N–H and O–H groups in total. The van der Waals surface area contributed by atoms with Gasteiger partial charge in [0.25, 0.3) is 0 Å². The van der Waals surface area contributed by atoms with E-state index in [0.717, 1.165) is 4.57 Å². The number of hydrogen-bond acceptors (Lipinski definition) is 8. The highest BCUT2D eigenvalue weighted by molar-refractivity contribution is 6.69. The SMILES string of the molecule is COc1cnc2c(c1)cc(B(N=O)N=O)n2C(=O)OC(C)(C)C. The summed E-state index contributed by atoms with van der Waals surface area (Å²) in [6, 6.07) is 3.04. The van der Waals surface area contributed by atoms with Gasteiger partial charge in [-0.05, 0) is 32.9 Å². The van der Waals surface area contributed by atoms with Gasteiger partial charge in [0.05, 0.1) is 18.9 Å². The van der Waals surface area contributed by atoms with Crippen LogP contribution in [0.15, 0.2) is 28.5 Å².